The summed E-state index contributed by atoms with van der Waals surface area (Å²) in [6, 6.07) is 7.53. The minimum Gasteiger partial charge on any atom is -0.494 e. The fourth-order valence-corrected chi connectivity index (χ4v) is 4.86. The number of hydrogen-bond acceptors (Lipinski definition) is 5. The van der Waals surface area contributed by atoms with E-state index in [0.29, 0.717) is 18.4 Å². The standard InChI is InChI=1S/C19H28N2O3S/c1-2-24-17-6-4-3-5-16(17)18(19(22)23)21-9-7-15(8-10-21)20-11-13-25-14-12-20/h3-6,15,18H,2,7-14H2,1H3,(H,22,23)/t18-/m0/s1. The lowest BCUT2D eigenvalue weighted by Crippen LogP contribution is -2.49. The lowest BCUT2D eigenvalue weighted by molar-refractivity contribution is -0.144. The van der Waals surface area contributed by atoms with Crippen LogP contribution in [0.15, 0.2) is 24.3 Å². The lowest BCUT2D eigenvalue weighted by Gasteiger charge is -2.41. The number of thioether (sulfide) groups is 1. The van der Waals surface area contributed by atoms with Crippen LogP contribution in [-0.2, 0) is 4.79 Å². The van der Waals surface area contributed by atoms with Crippen LogP contribution in [-0.4, -0.2) is 71.2 Å². The third-order valence-corrected chi connectivity index (χ3v) is 6.12. The first-order chi connectivity index (χ1) is 12.2. The summed E-state index contributed by atoms with van der Waals surface area (Å²) in [5, 5.41) is 9.88. The number of piperidine rings is 1. The average Bonchev–Trinajstić information content (AvgIpc) is 2.65. The minimum atomic E-state index is -0.792. The van der Waals surface area contributed by atoms with E-state index in [1.165, 1.54) is 24.6 Å². The number of benzene rings is 1. The number of likely N-dealkylation sites (tertiary alicyclic amines) is 1. The number of aliphatic carboxylic acids is 1. The molecule has 2 saturated heterocycles. The lowest BCUT2D eigenvalue weighted by atomic mass is 9.97. The molecule has 0 saturated carbocycles. The maximum Gasteiger partial charge on any atom is 0.325 e. The Morgan fingerprint density at radius 3 is 2.56 bits per heavy atom. The second kappa shape index (κ2) is 8.92. The Morgan fingerprint density at radius 2 is 1.92 bits per heavy atom. The number of nitrogens with zero attached hydrogens (tertiary/aromatic N) is 2. The summed E-state index contributed by atoms with van der Waals surface area (Å²) < 4.78 is 5.67. The second-order valence-electron chi connectivity index (χ2n) is 6.63. The highest BCUT2D eigenvalue weighted by molar-refractivity contribution is 7.99. The normalized spacial score (nSPS) is 21.8. The fourth-order valence-electron chi connectivity index (χ4n) is 3.93. The molecule has 5 nitrogen and oxygen atoms in total. The van der Waals surface area contributed by atoms with Crippen molar-refractivity contribution in [2.45, 2.75) is 31.8 Å². The molecule has 2 aliphatic rings. The van der Waals surface area contributed by atoms with E-state index in [9.17, 15) is 9.90 Å². The largest absolute Gasteiger partial charge is 0.494 e. The number of carboxylic acid groups (broad SMARTS) is 1. The molecule has 25 heavy (non-hydrogen) atoms. The summed E-state index contributed by atoms with van der Waals surface area (Å²) in [5.41, 5.74) is 0.768. The molecule has 2 aliphatic heterocycles. The maximum absolute atomic E-state index is 12.0. The molecule has 1 aromatic rings. The highest BCUT2D eigenvalue weighted by Gasteiger charge is 2.34. The molecule has 0 unspecified atom stereocenters. The van der Waals surface area contributed by atoms with Gasteiger partial charge in [0.2, 0.25) is 0 Å². The topological polar surface area (TPSA) is 53.0 Å². The number of ether oxygens (including phenoxy) is 1. The van der Waals surface area contributed by atoms with Gasteiger partial charge < -0.3 is 9.84 Å². The molecule has 0 amide bonds. The number of carbonyl (C=O) groups is 1. The van der Waals surface area contributed by atoms with Crippen molar-refractivity contribution in [3.8, 4) is 5.75 Å². The van der Waals surface area contributed by atoms with Gasteiger partial charge in [-0.05, 0) is 25.8 Å². The Balaban J connectivity index is 1.69. The molecule has 0 spiro atoms. The summed E-state index contributed by atoms with van der Waals surface area (Å²) in [6.07, 6.45) is 2.09. The number of carboxylic acids is 1. The maximum atomic E-state index is 12.0. The first kappa shape index (κ1) is 18.5. The van der Waals surface area contributed by atoms with Crippen LogP contribution in [0.3, 0.4) is 0 Å². The van der Waals surface area contributed by atoms with Gasteiger partial charge in [-0.3, -0.25) is 14.6 Å². The Bertz CT molecular complexity index is 570. The zero-order valence-electron chi connectivity index (χ0n) is 14.9. The Morgan fingerprint density at radius 1 is 1.24 bits per heavy atom. The van der Waals surface area contributed by atoms with Crippen molar-refractivity contribution in [1.29, 1.82) is 0 Å². The van der Waals surface area contributed by atoms with E-state index in [-0.39, 0.29) is 0 Å². The van der Waals surface area contributed by atoms with Crippen LogP contribution < -0.4 is 4.74 Å². The summed E-state index contributed by atoms with van der Waals surface area (Å²) in [5.74, 6) is 2.34. The third-order valence-electron chi connectivity index (χ3n) is 5.17. The molecule has 138 valence electrons. The second-order valence-corrected chi connectivity index (χ2v) is 7.85. The molecule has 1 aromatic carbocycles. The van der Waals surface area contributed by atoms with Gasteiger partial charge >= 0.3 is 5.97 Å². The van der Waals surface area contributed by atoms with Gasteiger partial charge in [0.1, 0.15) is 11.8 Å². The van der Waals surface area contributed by atoms with Crippen LogP contribution in [0, 0.1) is 0 Å². The van der Waals surface area contributed by atoms with Gasteiger partial charge in [-0.2, -0.15) is 11.8 Å². The zero-order valence-corrected chi connectivity index (χ0v) is 15.7. The first-order valence-electron chi connectivity index (χ1n) is 9.21. The molecular weight excluding hydrogens is 336 g/mol. The van der Waals surface area contributed by atoms with E-state index in [2.05, 4.69) is 9.80 Å². The molecule has 2 fully saturated rings. The molecule has 2 heterocycles. The van der Waals surface area contributed by atoms with Crippen LogP contribution in [0.25, 0.3) is 0 Å². The van der Waals surface area contributed by atoms with Gasteiger partial charge in [-0.1, -0.05) is 18.2 Å². The predicted molar refractivity (Wildman–Crippen MR) is 101 cm³/mol. The van der Waals surface area contributed by atoms with E-state index >= 15 is 0 Å². The van der Waals surface area contributed by atoms with Crippen LogP contribution in [0.4, 0.5) is 0 Å². The third kappa shape index (κ3) is 4.49. The molecule has 0 aliphatic carbocycles. The number of para-hydroxylation sites is 1. The van der Waals surface area contributed by atoms with Crippen molar-refractivity contribution in [2.75, 3.05) is 44.3 Å². The van der Waals surface area contributed by atoms with Crippen LogP contribution >= 0.6 is 11.8 Å². The van der Waals surface area contributed by atoms with E-state index < -0.39 is 12.0 Å². The molecular formula is C19H28N2O3S. The van der Waals surface area contributed by atoms with Crippen molar-refractivity contribution in [2.24, 2.45) is 0 Å². The Labute approximate surface area is 154 Å². The van der Waals surface area contributed by atoms with Gasteiger partial charge in [0.05, 0.1) is 6.61 Å². The Hall–Kier alpha value is -1.24. The Kier molecular flexibility index (Phi) is 6.62. The molecule has 1 atom stereocenters. The van der Waals surface area contributed by atoms with Crippen LogP contribution in [0.1, 0.15) is 31.4 Å². The first-order valence-corrected chi connectivity index (χ1v) is 10.4. The van der Waals surface area contributed by atoms with Gasteiger partial charge in [-0.15, -0.1) is 0 Å². The SMILES string of the molecule is CCOc1ccccc1[C@@H](C(=O)O)N1CCC(N2CCSCC2)CC1. The fraction of sp³-hybridized carbons (Fsp3) is 0.632. The minimum absolute atomic E-state index is 0.540. The summed E-state index contributed by atoms with van der Waals surface area (Å²) in [6.45, 7) is 6.46. The smallest absolute Gasteiger partial charge is 0.325 e. The predicted octanol–water partition coefficient (Wildman–Crippen LogP) is 2.72. The van der Waals surface area contributed by atoms with Crippen molar-refractivity contribution in [3.05, 3.63) is 29.8 Å². The zero-order chi connectivity index (χ0) is 17.6. The molecule has 6 heteroatoms. The van der Waals surface area contributed by atoms with E-state index in [4.69, 9.17) is 4.74 Å². The monoisotopic (exact) mass is 364 g/mol. The molecule has 0 aromatic heterocycles. The molecule has 1 N–H and O–H groups in total. The summed E-state index contributed by atoms with van der Waals surface area (Å²) in [7, 11) is 0. The van der Waals surface area contributed by atoms with Crippen molar-refractivity contribution in [3.63, 3.8) is 0 Å². The van der Waals surface area contributed by atoms with Crippen molar-refractivity contribution >= 4 is 17.7 Å². The molecule has 0 radical (unpaired) electrons. The van der Waals surface area contributed by atoms with E-state index in [1.807, 2.05) is 43.0 Å². The molecule has 3 rings (SSSR count). The van der Waals surface area contributed by atoms with Gasteiger partial charge in [0.25, 0.3) is 0 Å². The van der Waals surface area contributed by atoms with Crippen molar-refractivity contribution < 1.29 is 14.6 Å². The molecule has 0 bridgehead atoms. The quantitative estimate of drug-likeness (QED) is 0.838. The van der Waals surface area contributed by atoms with Crippen LogP contribution in [0.5, 0.6) is 5.75 Å². The van der Waals surface area contributed by atoms with Gasteiger partial charge in [0.15, 0.2) is 0 Å². The van der Waals surface area contributed by atoms with E-state index in [1.54, 1.807) is 0 Å². The van der Waals surface area contributed by atoms with Gasteiger partial charge in [-0.25, -0.2) is 0 Å². The number of hydrogen-bond donors (Lipinski definition) is 1. The van der Waals surface area contributed by atoms with Crippen molar-refractivity contribution in [1.82, 2.24) is 9.80 Å². The van der Waals surface area contributed by atoms with E-state index in [0.717, 1.165) is 31.5 Å². The highest BCUT2D eigenvalue weighted by Crippen LogP contribution is 2.32. The average molecular weight is 365 g/mol. The summed E-state index contributed by atoms with van der Waals surface area (Å²) >= 11 is 2.03. The number of rotatable bonds is 6. The van der Waals surface area contributed by atoms with Gasteiger partial charge in [0, 0.05) is 49.3 Å². The summed E-state index contributed by atoms with van der Waals surface area (Å²) in [4.78, 5) is 16.7. The highest BCUT2D eigenvalue weighted by atomic mass is 32.2. The van der Waals surface area contributed by atoms with Crippen LogP contribution in [0.2, 0.25) is 0 Å².